The molecule has 6 rings (SSSR count). The topological polar surface area (TPSA) is 149 Å². The van der Waals surface area contributed by atoms with Crippen LogP contribution in [0.3, 0.4) is 0 Å². The summed E-state index contributed by atoms with van der Waals surface area (Å²) in [4.78, 5) is 22.9. The Balaban J connectivity index is 1.24. The third-order valence-electron chi connectivity index (χ3n) is 12.6. The molecule has 4 aliphatic rings. The first-order valence-corrected chi connectivity index (χ1v) is 15.3. The van der Waals surface area contributed by atoms with E-state index >= 15 is 0 Å². The van der Waals surface area contributed by atoms with Gasteiger partial charge in [0.25, 0.3) is 0 Å². The van der Waals surface area contributed by atoms with E-state index in [2.05, 4.69) is 31.1 Å². The molecule has 224 valence electrons. The molecule has 0 spiro atoms. The number of rotatable bonds is 6. The average Bonchev–Trinajstić information content (AvgIpc) is 3.57. The van der Waals surface area contributed by atoms with Crippen LogP contribution >= 0.6 is 0 Å². The summed E-state index contributed by atoms with van der Waals surface area (Å²) in [5, 5.41) is 43.0. The summed E-state index contributed by atoms with van der Waals surface area (Å²) in [6, 6.07) is 3.30. The fraction of sp³-hybridized carbons (Fsp3) is 0.774. The van der Waals surface area contributed by atoms with Crippen molar-refractivity contribution in [1.82, 2.24) is 10.3 Å². The molecular weight excluding hydrogens is 526 g/mol. The van der Waals surface area contributed by atoms with Crippen LogP contribution in [0.15, 0.2) is 16.8 Å². The van der Waals surface area contributed by atoms with Crippen LogP contribution in [0.1, 0.15) is 90.0 Å². The van der Waals surface area contributed by atoms with Gasteiger partial charge < -0.3 is 14.9 Å². The SMILES string of the molecule is COC(=O)CC[C@@H](C)[C@H]1CC[C@H]2[C@@H]3[C@H](O)C[C@@H]4C[C@H](c5ccc([N+](=O)[O-])c6nonc56)CC[C@]4(C)[C@H]3C[C@H](O)[C@]12C. The standard InChI is InChI=1S/C31H43N3O7/c1-16(5-10-26(37)40-4)20-7-8-21-27-22(15-25(36)31(20,21)3)30(2)12-11-17(13-18(30)14-24(27)35)19-6-9-23(34(38)39)29-28(19)32-41-33-29/h6,9,16-18,20-22,24-25,27,35-36H,5,7-8,10-15H2,1-4H3/t16-,17-,18+,20-,21+,22+,24-,25+,27+,30+,31-/m1/s1. The predicted molar refractivity (Wildman–Crippen MR) is 150 cm³/mol. The molecule has 1 aromatic carbocycles. The van der Waals surface area contributed by atoms with E-state index in [1.54, 1.807) is 6.07 Å². The zero-order valence-corrected chi connectivity index (χ0v) is 24.5. The van der Waals surface area contributed by atoms with Gasteiger partial charge in [-0.3, -0.25) is 14.9 Å². The minimum absolute atomic E-state index is 0.000733. The highest BCUT2D eigenvalue weighted by atomic mass is 16.6. The maximum absolute atomic E-state index is 11.9. The molecule has 0 amide bonds. The second kappa shape index (κ2) is 10.3. The van der Waals surface area contributed by atoms with Gasteiger partial charge in [-0.15, -0.1) is 0 Å². The molecule has 1 heterocycles. The third-order valence-corrected chi connectivity index (χ3v) is 12.6. The van der Waals surface area contributed by atoms with Gasteiger partial charge in [-0.2, -0.15) is 0 Å². The van der Waals surface area contributed by atoms with Crippen LogP contribution < -0.4 is 0 Å². The van der Waals surface area contributed by atoms with Crippen molar-refractivity contribution < 1.29 is 29.3 Å². The molecule has 0 saturated heterocycles. The van der Waals surface area contributed by atoms with Gasteiger partial charge in [0.15, 0.2) is 0 Å². The zero-order valence-electron chi connectivity index (χ0n) is 24.5. The molecule has 4 saturated carbocycles. The van der Waals surface area contributed by atoms with Crippen LogP contribution in [0.25, 0.3) is 11.0 Å². The molecule has 4 aliphatic carbocycles. The van der Waals surface area contributed by atoms with Gasteiger partial charge in [0.2, 0.25) is 5.52 Å². The van der Waals surface area contributed by atoms with Gasteiger partial charge in [0.05, 0.1) is 24.2 Å². The van der Waals surface area contributed by atoms with Gasteiger partial charge >= 0.3 is 11.7 Å². The Labute approximate surface area is 240 Å². The zero-order chi connectivity index (χ0) is 29.3. The van der Waals surface area contributed by atoms with Crippen molar-refractivity contribution in [3.05, 3.63) is 27.8 Å². The Morgan fingerprint density at radius 1 is 1.15 bits per heavy atom. The molecule has 0 aliphatic heterocycles. The van der Waals surface area contributed by atoms with E-state index in [9.17, 15) is 25.1 Å². The smallest absolute Gasteiger partial charge is 0.305 e. The number of nitro benzene ring substituents is 1. The Hall–Kier alpha value is -2.59. The number of ether oxygens (including phenoxy) is 1. The Morgan fingerprint density at radius 2 is 1.90 bits per heavy atom. The lowest BCUT2D eigenvalue weighted by Gasteiger charge is -2.63. The number of methoxy groups -OCH3 is 1. The quantitative estimate of drug-likeness (QED) is 0.265. The number of carbonyl (C=O) groups excluding carboxylic acids is 1. The molecule has 0 radical (unpaired) electrons. The summed E-state index contributed by atoms with van der Waals surface area (Å²) in [7, 11) is 1.43. The number of non-ortho nitro benzene ring substituents is 1. The molecule has 10 nitrogen and oxygen atoms in total. The lowest BCUT2D eigenvalue weighted by Crippen LogP contribution is -2.62. The van der Waals surface area contributed by atoms with Crippen molar-refractivity contribution in [1.29, 1.82) is 0 Å². The summed E-state index contributed by atoms with van der Waals surface area (Å²) < 4.78 is 9.80. The van der Waals surface area contributed by atoms with E-state index < -0.39 is 17.1 Å². The molecule has 0 bridgehead atoms. The molecule has 10 heteroatoms. The van der Waals surface area contributed by atoms with Crippen molar-refractivity contribution in [3.63, 3.8) is 0 Å². The Kier molecular flexibility index (Phi) is 7.16. The van der Waals surface area contributed by atoms with Gasteiger partial charge in [-0.05, 0) is 126 Å². The fourth-order valence-corrected chi connectivity index (χ4v) is 10.4. The number of hydrogen-bond acceptors (Lipinski definition) is 9. The lowest BCUT2D eigenvalue weighted by atomic mass is 9.42. The van der Waals surface area contributed by atoms with Crippen molar-refractivity contribution >= 4 is 22.7 Å². The summed E-state index contributed by atoms with van der Waals surface area (Å²) in [6.07, 6.45) is 6.46. The second-order valence-electron chi connectivity index (χ2n) is 14.1. The number of benzene rings is 1. The number of aliphatic hydroxyl groups is 2. The number of carbonyl (C=O) groups is 1. The summed E-state index contributed by atoms with van der Waals surface area (Å²) in [5.74, 6) is 1.48. The van der Waals surface area contributed by atoms with Gasteiger partial charge in [-0.1, -0.05) is 20.8 Å². The summed E-state index contributed by atoms with van der Waals surface area (Å²) in [6.45, 7) is 6.82. The first-order chi connectivity index (χ1) is 19.5. The van der Waals surface area contributed by atoms with E-state index in [1.807, 2.05) is 0 Å². The first kappa shape index (κ1) is 28.5. The van der Waals surface area contributed by atoms with Crippen molar-refractivity contribution in [2.24, 2.45) is 46.3 Å². The summed E-state index contributed by atoms with van der Waals surface area (Å²) in [5.41, 5.74) is 1.21. The van der Waals surface area contributed by atoms with E-state index in [0.717, 1.165) is 50.5 Å². The van der Waals surface area contributed by atoms with E-state index in [1.165, 1.54) is 13.2 Å². The minimum Gasteiger partial charge on any atom is -0.469 e. The van der Waals surface area contributed by atoms with Crippen LogP contribution in [0.4, 0.5) is 5.69 Å². The Bertz CT molecular complexity index is 1330. The van der Waals surface area contributed by atoms with Crippen LogP contribution in [-0.4, -0.2) is 50.7 Å². The predicted octanol–water partition coefficient (Wildman–Crippen LogP) is 5.40. The monoisotopic (exact) mass is 569 g/mol. The maximum atomic E-state index is 11.9. The molecule has 0 unspecified atom stereocenters. The molecule has 2 N–H and O–H groups in total. The highest BCUT2D eigenvalue weighted by Crippen LogP contribution is 2.69. The molecule has 11 atom stereocenters. The van der Waals surface area contributed by atoms with E-state index in [-0.39, 0.29) is 57.6 Å². The Morgan fingerprint density at radius 3 is 2.63 bits per heavy atom. The molecular formula is C31H43N3O7. The fourth-order valence-electron chi connectivity index (χ4n) is 10.4. The lowest BCUT2D eigenvalue weighted by molar-refractivity contribution is -0.383. The summed E-state index contributed by atoms with van der Waals surface area (Å²) >= 11 is 0. The highest BCUT2D eigenvalue weighted by Gasteiger charge is 2.65. The van der Waals surface area contributed by atoms with Crippen molar-refractivity contribution in [3.8, 4) is 0 Å². The molecule has 41 heavy (non-hydrogen) atoms. The van der Waals surface area contributed by atoms with Crippen LogP contribution in [0.2, 0.25) is 0 Å². The second-order valence-corrected chi connectivity index (χ2v) is 14.1. The van der Waals surface area contributed by atoms with Crippen LogP contribution in [0.5, 0.6) is 0 Å². The maximum Gasteiger partial charge on any atom is 0.305 e. The number of nitro groups is 1. The van der Waals surface area contributed by atoms with Crippen molar-refractivity contribution in [2.45, 2.75) is 96.7 Å². The number of aromatic nitrogens is 2. The van der Waals surface area contributed by atoms with E-state index in [0.29, 0.717) is 30.2 Å². The normalized spacial score (nSPS) is 40.8. The number of hydrogen-bond donors (Lipinski definition) is 2. The number of fused-ring (bicyclic) bond motifs is 6. The van der Waals surface area contributed by atoms with Gasteiger partial charge in [0, 0.05) is 12.5 Å². The number of nitrogens with zero attached hydrogens (tertiary/aromatic N) is 3. The van der Waals surface area contributed by atoms with Crippen LogP contribution in [0, 0.1) is 56.5 Å². The average molecular weight is 570 g/mol. The van der Waals surface area contributed by atoms with Gasteiger partial charge in [0.1, 0.15) is 5.52 Å². The van der Waals surface area contributed by atoms with E-state index in [4.69, 9.17) is 9.37 Å². The third kappa shape index (κ3) is 4.30. The molecule has 4 fully saturated rings. The highest BCUT2D eigenvalue weighted by molar-refractivity contribution is 5.86. The molecule has 2 aromatic rings. The first-order valence-electron chi connectivity index (χ1n) is 15.3. The van der Waals surface area contributed by atoms with Crippen LogP contribution in [-0.2, 0) is 9.53 Å². The number of aliphatic hydroxyl groups excluding tert-OH is 2. The minimum atomic E-state index is -0.457. The number of esters is 1. The largest absolute Gasteiger partial charge is 0.469 e. The van der Waals surface area contributed by atoms with Gasteiger partial charge in [-0.25, -0.2) is 4.63 Å². The van der Waals surface area contributed by atoms with Crippen molar-refractivity contribution in [2.75, 3.05) is 7.11 Å². The molecule has 1 aromatic heterocycles.